The first-order valence-electron chi connectivity index (χ1n) is 30.2. The lowest BCUT2D eigenvalue weighted by molar-refractivity contribution is 0.268. The van der Waals surface area contributed by atoms with Gasteiger partial charge in [-0.15, -0.1) is 79.4 Å². The fourth-order valence-corrected chi connectivity index (χ4v) is 23.6. The van der Waals surface area contributed by atoms with E-state index in [1.165, 1.54) is 225 Å². The summed E-state index contributed by atoms with van der Waals surface area (Å²) in [7, 11) is 0. The van der Waals surface area contributed by atoms with Crippen molar-refractivity contribution < 1.29 is 0 Å². The molecule has 0 saturated carbocycles. The molecule has 0 fully saturated rings. The average Bonchev–Trinajstić information content (AvgIpc) is 4.51. The Kier molecular flexibility index (Phi) is 17.9. The highest BCUT2D eigenvalue weighted by Gasteiger charge is 2.49. The highest BCUT2D eigenvalue weighted by molar-refractivity contribution is 7.33. The molecule has 0 N–H and O–H groups in total. The summed E-state index contributed by atoms with van der Waals surface area (Å²) >= 11 is 16.3. The smallest absolute Gasteiger partial charge is 0.132 e. The number of pyridine rings is 2. The third-order valence-electron chi connectivity index (χ3n) is 17.8. The normalized spacial score (nSPS) is 16.1. The van der Waals surface area contributed by atoms with Crippen molar-refractivity contribution >= 4 is 153 Å². The molecule has 0 spiro atoms. The second-order valence-corrected chi connectivity index (χ2v) is 31.8. The van der Waals surface area contributed by atoms with Crippen LogP contribution in [0.5, 0.6) is 0 Å². The van der Waals surface area contributed by atoms with E-state index in [1.54, 1.807) is 5.56 Å². The Balaban J connectivity index is 0.924. The van der Waals surface area contributed by atoms with Gasteiger partial charge in [-0.05, 0) is 91.3 Å². The highest BCUT2D eigenvalue weighted by atomic mass is 32.1. The molecule has 1 aliphatic carbocycles. The van der Waals surface area contributed by atoms with Gasteiger partial charge in [0.05, 0.1) is 42.8 Å². The van der Waals surface area contributed by atoms with Crippen LogP contribution in [0.2, 0.25) is 0 Å². The molecule has 420 valence electrons. The van der Waals surface area contributed by atoms with Crippen molar-refractivity contribution in [3.8, 4) is 51.8 Å². The Morgan fingerprint density at radius 2 is 0.850 bits per heavy atom. The summed E-state index contributed by atoms with van der Waals surface area (Å²) in [6.07, 6.45) is 29.2. The molecule has 0 aromatic carbocycles. The average molecular weight is 1230 g/mol. The minimum Gasteiger partial charge on any atom is -0.252 e. The van der Waals surface area contributed by atoms with Crippen LogP contribution in [0, 0.1) is 23.7 Å². The van der Waals surface area contributed by atoms with E-state index in [-0.39, 0.29) is 5.41 Å². The maximum Gasteiger partial charge on any atom is 0.132 e. The maximum atomic E-state index is 5.40. The zero-order valence-electron chi connectivity index (χ0n) is 47.9. The second-order valence-electron chi connectivity index (χ2n) is 23.1. The number of rotatable bonds is 28. The monoisotopic (exact) mass is 1230 g/mol. The molecule has 11 aromatic rings. The number of nitrogens with zero attached hydrogens (tertiary/aromatic N) is 6. The van der Waals surface area contributed by atoms with Crippen molar-refractivity contribution in [2.24, 2.45) is 23.7 Å². The summed E-state index contributed by atoms with van der Waals surface area (Å²) in [4.78, 5) is 21.6. The van der Waals surface area contributed by atoms with Crippen molar-refractivity contribution in [3.63, 3.8) is 0 Å². The summed E-state index contributed by atoms with van der Waals surface area (Å²) in [5, 5.41) is 0. The van der Waals surface area contributed by atoms with E-state index in [0.29, 0.717) is 11.8 Å². The second kappa shape index (κ2) is 25.1. The number of hydrogen-bond acceptors (Lipinski definition) is 15. The van der Waals surface area contributed by atoms with Gasteiger partial charge in [0.1, 0.15) is 33.5 Å². The van der Waals surface area contributed by atoms with Gasteiger partial charge in [-0.3, -0.25) is 9.97 Å². The SMILES string of the molecule is CCCCC(CC)Cc1cc2sc(-c3cnc(-c4cc5c(s4)-c4sc6cc(-c7ncc(-c8cc9sc(CC(CC)CCCC)cc9s8)c8nsnc78)sc6c4C5(CC(CC)CCCC)CC(CC)CCCC)c4nsnc34)cc2s1. The molecule has 11 aromatic heterocycles. The predicted octanol–water partition coefficient (Wildman–Crippen LogP) is 24.0. The number of fused-ring (bicyclic) bond motifs is 9. The topological polar surface area (TPSA) is 77.3 Å². The van der Waals surface area contributed by atoms with Crippen LogP contribution in [-0.2, 0) is 18.3 Å². The van der Waals surface area contributed by atoms with Gasteiger partial charge in [0, 0.05) is 82.4 Å². The molecular weight excluding hydrogens is 1150 g/mol. The lowest BCUT2D eigenvalue weighted by Crippen LogP contribution is -2.31. The van der Waals surface area contributed by atoms with Crippen molar-refractivity contribution in [2.75, 3.05) is 0 Å². The van der Waals surface area contributed by atoms with Crippen LogP contribution in [0.25, 0.3) is 102 Å². The minimum absolute atomic E-state index is 0.121. The van der Waals surface area contributed by atoms with Crippen LogP contribution in [-0.4, -0.2) is 27.5 Å². The van der Waals surface area contributed by atoms with E-state index in [4.69, 9.17) is 27.5 Å². The van der Waals surface area contributed by atoms with E-state index in [9.17, 15) is 0 Å². The first-order valence-corrected chi connectivity index (χ1v) is 37.4. The molecular formula is C65H76N6S9. The van der Waals surface area contributed by atoms with E-state index in [0.717, 1.165) is 56.4 Å². The Morgan fingerprint density at radius 1 is 0.412 bits per heavy atom. The van der Waals surface area contributed by atoms with Gasteiger partial charge in [-0.25, -0.2) is 0 Å². The van der Waals surface area contributed by atoms with Crippen LogP contribution >= 0.6 is 103 Å². The van der Waals surface area contributed by atoms with Crippen LogP contribution in [0.4, 0.5) is 0 Å². The lowest BCUT2D eigenvalue weighted by atomic mass is 9.65. The summed E-state index contributed by atoms with van der Waals surface area (Å²) in [5.41, 5.74) is 11.0. The van der Waals surface area contributed by atoms with Gasteiger partial charge >= 0.3 is 0 Å². The number of thiophene rings is 7. The van der Waals surface area contributed by atoms with E-state index < -0.39 is 0 Å². The molecule has 15 heteroatoms. The quantitative estimate of drug-likeness (QED) is 0.0486. The summed E-state index contributed by atoms with van der Waals surface area (Å²) in [6.45, 7) is 18.9. The summed E-state index contributed by atoms with van der Waals surface area (Å²) in [6, 6.07) is 14.7. The molecule has 80 heavy (non-hydrogen) atoms. The van der Waals surface area contributed by atoms with Crippen LogP contribution < -0.4 is 0 Å². The Labute approximate surface area is 510 Å². The predicted molar refractivity (Wildman–Crippen MR) is 359 cm³/mol. The fraction of sp³-hybridized carbons (Fsp3) is 0.508. The Morgan fingerprint density at radius 3 is 1.31 bits per heavy atom. The molecule has 0 bridgehead atoms. The van der Waals surface area contributed by atoms with E-state index >= 15 is 0 Å². The Bertz CT molecular complexity index is 3800. The summed E-state index contributed by atoms with van der Waals surface area (Å²) in [5.74, 6) is 2.79. The maximum absolute atomic E-state index is 5.40. The van der Waals surface area contributed by atoms with Crippen molar-refractivity contribution in [2.45, 2.75) is 189 Å². The number of hydrogen-bond donors (Lipinski definition) is 0. The number of aromatic nitrogens is 6. The molecule has 11 heterocycles. The van der Waals surface area contributed by atoms with Crippen molar-refractivity contribution in [1.82, 2.24) is 27.5 Å². The van der Waals surface area contributed by atoms with Crippen molar-refractivity contribution in [3.05, 3.63) is 69.7 Å². The first kappa shape index (κ1) is 57.1. The van der Waals surface area contributed by atoms with Crippen molar-refractivity contribution in [1.29, 1.82) is 0 Å². The molecule has 4 unspecified atom stereocenters. The molecule has 0 amide bonds. The first-order chi connectivity index (χ1) is 39.2. The van der Waals surface area contributed by atoms with Gasteiger partial charge in [0.2, 0.25) is 0 Å². The molecule has 1 aliphatic rings. The third-order valence-corrected chi connectivity index (χ3v) is 27.3. The van der Waals surface area contributed by atoms with Gasteiger partial charge < -0.3 is 0 Å². The Hall–Kier alpha value is -3.38. The third kappa shape index (κ3) is 10.9. The van der Waals surface area contributed by atoms with Gasteiger partial charge in [-0.2, -0.15) is 17.5 Å². The highest BCUT2D eigenvalue weighted by Crippen LogP contribution is 2.65. The molecule has 4 atom stereocenters. The largest absolute Gasteiger partial charge is 0.252 e. The van der Waals surface area contributed by atoms with Gasteiger partial charge in [0.15, 0.2) is 0 Å². The van der Waals surface area contributed by atoms with Crippen LogP contribution in [0.3, 0.4) is 0 Å². The molecule has 6 nitrogen and oxygen atoms in total. The fourth-order valence-electron chi connectivity index (χ4n) is 13.1. The van der Waals surface area contributed by atoms with E-state index in [2.05, 4.69) is 104 Å². The van der Waals surface area contributed by atoms with E-state index in [1.807, 2.05) is 79.4 Å². The molecule has 0 radical (unpaired) electrons. The molecule has 12 rings (SSSR count). The lowest BCUT2D eigenvalue weighted by Gasteiger charge is -2.38. The van der Waals surface area contributed by atoms with Gasteiger partial charge in [0.25, 0.3) is 0 Å². The standard InChI is InChI=1S/C65H76N6S9/c1-9-17-21-37(13-5)25-41-27-48-50(72-41)30-46(74-48)43-35-66-58(60-56(43)68-79-70-60)52-29-45-62(76-52)64-55(65(45,33-39(15-7)23-19-11-3)34-40(16-8)24-20-12-4)63-54(78-64)32-53(77-63)59-61-57(69-80-71-61)44(36-67-59)47-31-51-49(75-47)28-42(73-51)26-38(14-6)22-18-10-2/h27-32,35-40H,9-26,33-34H2,1-8H3. The molecule has 0 aliphatic heterocycles. The molecule has 0 saturated heterocycles. The number of unbranched alkanes of at least 4 members (excludes halogenated alkanes) is 4. The minimum atomic E-state index is -0.121. The zero-order chi connectivity index (χ0) is 55.1. The zero-order valence-corrected chi connectivity index (χ0v) is 55.3. The van der Waals surface area contributed by atoms with Gasteiger partial charge in [-0.1, -0.05) is 158 Å². The summed E-state index contributed by atoms with van der Waals surface area (Å²) < 4.78 is 28.5. The van der Waals surface area contributed by atoms with Crippen LogP contribution in [0.15, 0.2) is 48.8 Å². The van der Waals surface area contributed by atoms with Crippen LogP contribution in [0.1, 0.15) is 192 Å².